The normalized spacial score (nSPS) is 10.7. The number of carbonyl (C=O) groups excluding carboxylic acids is 1. The Balaban J connectivity index is 1.87. The van der Waals surface area contributed by atoms with Gasteiger partial charge in [-0.1, -0.05) is 24.3 Å². The molecular formula is C15H14FN3O. The van der Waals surface area contributed by atoms with Crippen molar-refractivity contribution < 1.29 is 9.18 Å². The number of rotatable bonds is 4. The second-order valence-corrected chi connectivity index (χ2v) is 4.27. The fraction of sp³-hybridized carbons (Fsp3) is 0.0667. The topological polar surface area (TPSA) is 67.5 Å². The number of nitrogens with two attached hydrogens (primary N) is 1. The lowest BCUT2D eigenvalue weighted by Gasteiger charge is -2.01. The molecule has 0 atom stereocenters. The van der Waals surface area contributed by atoms with Crippen LogP contribution in [0, 0.1) is 5.82 Å². The van der Waals surface area contributed by atoms with E-state index < -0.39 is 0 Å². The lowest BCUT2D eigenvalue weighted by Crippen LogP contribution is -2.19. The van der Waals surface area contributed by atoms with Gasteiger partial charge in [0.05, 0.1) is 12.6 Å². The standard InChI is InChI=1S/C15H14FN3O/c16-13-3-1-2-12(8-13)10-18-19-15(20)9-11-4-6-14(17)7-5-11/h1-8,10H,9,17H2,(H,19,20)/b18-10-. The molecular weight excluding hydrogens is 257 g/mol. The fourth-order valence-corrected chi connectivity index (χ4v) is 1.63. The number of amides is 1. The predicted molar refractivity (Wildman–Crippen MR) is 76.7 cm³/mol. The average molecular weight is 271 g/mol. The van der Waals surface area contributed by atoms with Crippen molar-refractivity contribution in [2.75, 3.05) is 5.73 Å². The summed E-state index contributed by atoms with van der Waals surface area (Å²) in [6, 6.07) is 13.0. The van der Waals surface area contributed by atoms with Crippen LogP contribution in [0.4, 0.5) is 10.1 Å². The van der Waals surface area contributed by atoms with Gasteiger partial charge in [-0.05, 0) is 35.4 Å². The highest BCUT2D eigenvalue weighted by Crippen LogP contribution is 2.06. The van der Waals surface area contributed by atoms with Crippen molar-refractivity contribution in [2.45, 2.75) is 6.42 Å². The van der Waals surface area contributed by atoms with Crippen LogP contribution >= 0.6 is 0 Å². The molecule has 2 aromatic carbocycles. The van der Waals surface area contributed by atoms with Gasteiger partial charge in [-0.2, -0.15) is 5.10 Å². The molecule has 5 heteroatoms. The molecule has 4 nitrogen and oxygen atoms in total. The Morgan fingerprint density at radius 2 is 2.00 bits per heavy atom. The summed E-state index contributed by atoms with van der Waals surface area (Å²) in [7, 11) is 0. The van der Waals surface area contributed by atoms with Gasteiger partial charge in [0, 0.05) is 5.69 Å². The zero-order chi connectivity index (χ0) is 14.4. The van der Waals surface area contributed by atoms with Crippen LogP contribution in [0.3, 0.4) is 0 Å². The van der Waals surface area contributed by atoms with Gasteiger partial charge in [0.2, 0.25) is 5.91 Å². The summed E-state index contributed by atoms with van der Waals surface area (Å²) < 4.78 is 12.9. The number of hydrazone groups is 1. The third-order valence-corrected chi connectivity index (χ3v) is 2.60. The first-order valence-corrected chi connectivity index (χ1v) is 6.05. The van der Waals surface area contributed by atoms with Gasteiger partial charge in [0.15, 0.2) is 0 Å². The average Bonchev–Trinajstić information content (AvgIpc) is 2.41. The van der Waals surface area contributed by atoms with E-state index in [9.17, 15) is 9.18 Å². The van der Waals surface area contributed by atoms with Crippen LogP contribution in [-0.2, 0) is 11.2 Å². The molecule has 0 heterocycles. The molecule has 0 radical (unpaired) electrons. The molecule has 1 amide bonds. The second-order valence-electron chi connectivity index (χ2n) is 4.27. The van der Waals surface area contributed by atoms with E-state index >= 15 is 0 Å². The Labute approximate surface area is 116 Å². The van der Waals surface area contributed by atoms with E-state index in [0.29, 0.717) is 11.3 Å². The molecule has 0 aromatic heterocycles. The lowest BCUT2D eigenvalue weighted by molar-refractivity contribution is -0.120. The van der Waals surface area contributed by atoms with E-state index in [4.69, 9.17) is 5.73 Å². The van der Waals surface area contributed by atoms with E-state index in [2.05, 4.69) is 10.5 Å². The van der Waals surface area contributed by atoms with Crippen molar-refractivity contribution in [3.63, 3.8) is 0 Å². The van der Waals surface area contributed by atoms with Gasteiger partial charge in [-0.25, -0.2) is 9.82 Å². The first kappa shape index (κ1) is 13.7. The minimum atomic E-state index is -0.345. The smallest absolute Gasteiger partial charge is 0.244 e. The SMILES string of the molecule is Nc1ccc(CC(=O)N/N=C\c2cccc(F)c2)cc1. The maximum absolute atomic E-state index is 12.9. The zero-order valence-corrected chi connectivity index (χ0v) is 10.7. The number of hydrogen-bond donors (Lipinski definition) is 2. The molecule has 0 aliphatic carbocycles. The number of halogens is 1. The highest BCUT2D eigenvalue weighted by Gasteiger charge is 2.01. The van der Waals surface area contributed by atoms with Crippen molar-refractivity contribution in [3.05, 3.63) is 65.5 Å². The minimum absolute atomic E-state index is 0.209. The summed E-state index contributed by atoms with van der Waals surface area (Å²) in [5.41, 5.74) is 10.0. The van der Waals surface area contributed by atoms with E-state index in [1.165, 1.54) is 18.3 Å². The third kappa shape index (κ3) is 4.20. The quantitative estimate of drug-likeness (QED) is 0.508. The second kappa shape index (κ2) is 6.47. The van der Waals surface area contributed by atoms with Crippen LogP contribution in [0.15, 0.2) is 53.6 Å². The molecule has 0 aliphatic rings. The van der Waals surface area contributed by atoms with Crippen LogP contribution in [0.5, 0.6) is 0 Å². The molecule has 2 aromatic rings. The fourth-order valence-electron chi connectivity index (χ4n) is 1.63. The number of nitrogen functional groups attached to an aromatic ring is 1. The first-order valence-electron chi connectivity index (χ1n) is 6.05. The highest BCUT2D eigenvalue weighted by atomic mass is 19.1. The summed E-state index contributed by atoms with van der Waals surface area (Å²) in [6.45, 7) is 0. The molecule has 0 bridgehead atoms. The summed E-state index contributed by atoms with van der Waals surface area (Å²) in [4.78, 5) is 11.6. The molecule has 102 valence electrons. The predicted octanol–water partition coefficient (Wildman–Crippen LogP) is 2.10. The number of carbonyl (C=O) groups is 1. The van der Waals surface area contributed by atoms with Gasteiger partial charge in [0.25, 0.3) is 0 Å². The zero-order valence-electron chi connectivity index (χ0n) is 10.7. The van der Waals surface area contributed by atoms with Crippen LogP contribution in [0.1, 0.15) is 11.1 Å². The van der Waals surface area contributed by atoms with Gasteiger partial charge in [-0.15, -0.1) is 0 Å². The van der Waals surface area contributed by atoms with Crippen LogP contribution in [-0.4, -0.2) is 12.1 Å². The number of benzene rings is 2. The van der Waals surface area contributed by atoms with E-state index in [1.54, 1.807) is 36.4 Å². The number of nitrogens with one attached hydrogen (secondary N) is 1. The molecule has 3 N–H and O–H groups in total. The summed E-state index contributed by atoms with van der Waals surface area (Å²) >= 11 is 0. The Morgan fingerprint density at radius 3 is 2.70 bits per heavy atom. The van der Waals surface area contributed by atoms with E-state index in [1.807, 2.05) is 0 Å². The van der Waals surface area contributed by atoms with Crippen molar-refractivity contribution >= 4 is 17.8 Å². The van der Waals surface area contributed by atoms with Crippen molar-refractivity contribution in [1.82, 2.24) is 5.43 Å². The number of nitrogens with zero attached hydrogens (tertiary/aromatic N) is 1. The largest absolute Gasteiger partial charge is 0.399 e. The van der Waals surface area contributed by atoms with E-state index in [0.717, 1.165) is 5.56 Å². The summed E-state index contributed by atoms with van der Waals surface area (Å²) in [6.07, 6.45) is 1.60. The molecule has 0 spiro atoms. The molecule has 0 saturated heterocycles. The third-order valence-electron chi connectivity index (χ3n) is 2.60. The van der Waals surface area contributed by atoms with Crippen LogP contribution in [0.2, 0.25) is 0 Å². The molecule has 0 saturated carbocycles. The summed E-state index contributed by atoms with van der Waals surface area (Å²) in [5.74, 6) is -0.593. The van der Waals surface area contributed by atoms with Crippen molar-refractivity contribution in [2.24, 2.45) is 5.10 Å². The number of hydrogen-bond acceptors (Lipinski definition) is 3. The lowest BCUT2D eigenvalue weighted by atomic mass is 10.1. The van der Waals surface area contributed by atoms with Crippen LogP contribution < -0.4 is 11.2 Å². The minimum Gasteiger partial charge on any atom is -0.399 e. The maximum Gasteiger partial charge on any atom is 0.244 e. The Bertz CT molecular complexity index is 623. The first-order chi connectivity index (χ1) is 9.63. The molecule has 0 unspecified atom stereocenters. The van der Waals surface area contributed by atoms with Gasteiger partial charge < -0.3 is 5.73 Å². The van der Waals surface area contributed by atoms with Crippen LogP contribution in [0.25, 0.3) is 0 Å². The molecule has 20 heavy (non-hydrogen) atoms. The van der Waals surface area contributed by atoms with Gasteiger partial charge in [0.1, 0.15) is 5.82 Å². The summed E-state index contributed by atoms with van der Waals surface area (Å²) in [5, 5.41) is 3.78. The number of anilines is 1. The van der Waals surface area contributed by atoms with E-state index in [-0.39, 0.29) is 18.1 Å². The molecule has 2 rings (SSSR count). The maximum atomic E-state index is 12.9. The van der Waals surface area contributed by atoms with Gasteiger partial charge >= 0.3 is 0 Å². The Kier molecular flexibility index (Phi) is 4.44. The van der Waals surface area contributed by atoms with Crippen molar-refractivity contribution in [3.8, 4) is 0 Å². The monoisotopic (exact) mass is 271 g/mol. The Hall–Kier alpha value is -2.69. The molecule has 0 fully saturated rings. The van der Waals surface area contributed by atoms with Crippen molar-refractivity contribution in [1.29, 1.82) is 0 Å². The van der Waals surface area contributed by atoms with Gasteiger partial charge in [-0.3, -0.25) is 4.79 Å². The highest BCUT2D eigenvalue weighted by molar-refractivity contribution is 5.83. The Morgan fingerprint density at radius 1 is 1.25 bits per heavy atom. The molecule has 0 aliphatic heterocycles.